The summed E-state index contributed by atoms with van der Waals surface area (Å²) in [5.74, 6) is -2.40. The molecule has 1 N–H and O–H groups in total. The summed E-state index contributed by atoms with van der Waals surface area (Å²) >= 11 is 0. The largest absolute Gasteiger partial charge is 0.332 e. The molecule has 1 heterocycles. The molecular formula is C31H41F2N3O3. The number of hydrogen-bond donors (Lipinski definition) is 1. The van der Waals surface area contributed by atoms with E-state index < -0.39 is 41.6 Å². The minimum Gasteiger partial charge on any atom is -0.324 e. The van der Waals surface area contributed by atoms with Crippen LogP contribution in [0.4, 0.5) is 25.0 Å². The first-order chi connectivity index (χ1) is 18.5. The second kappa shape index (κ2) is 12.7. The molecule has 1 spiro atoms. The molecule has 8 heteroatoms. The van der Waals surface area contributed by atoms with Gasteiger partial charge >= 0.3 is 6.03 Å². The van der Waals surface area contributed by atoms with Gasteiger partial charge in [-0.1, -0.05) is 72.4 Å². The number of imide groups is 1. The van der Waals surface area contributed by atoms with Crippen LogP contribution in [0.5, 0.6) is 0 Å². The summed E-state index contributed by atoms with van der Waals surface area (Å²) in [6.07, 6.45) is 5.11. The number of rotatable bonds is 6. The summed E-state index contributed by atoms with van der Waals surface area (Å²) < 4.78 is 28.9. The van der Waals surface area contributed by atoms with Gasteiger partial charge in [-0.3, -0.25) is 19.4 Å². The van der Waals surface area contributed by atoms with Crippen LogP contribution >= 0.6 is 0 Å². The highest BCUT2D eigenvalue weighted by Gasteiger charge is 2.58. The van der Waals surface area contributed by atoms with Crippen LogP contribution in [-0.4, -0.2) is 34.8 Å². The van der Waals surface area contributed by atoms with E-state index in [1.54, 1.807) is 0 Å². The van der Waals surface area contributed by atoms with Crippen molar-refractivity contribution in [1.82, 2.24) is 4.90 Å². The number of benzene rings is 2. The van der Waals surface area contributed by atoms with Crippen molar-refractivity contribution >= 4 is 29.2 Å². The van der Waals surface area contributed by atoms with Crippen molar-refractivity contribution in [3.05, 3.63) is 58.7 Å². The summed E-state index contributed by atoms with van der Waals surface area (Å²) in [5.41, 5.74) is 1.27. The van der Waals surface area contributed by atoms with Crippen LogP contribution in [0.3, 0.4) is 0 Å². The summed E-state index contributed by atoms with van der Waals surface area (Å²) in [5, 5.41) is 2.88. The van der Waals surface area contributed by atoms with Crippen molar-refractivity contribution in [3.8, 4) is 0 Å². The Balaban J connectivity index is 0.00000134. The van der Waals surface area contributed by atoms with Crippen molar-refractivity contribution in [2.24, 2.45) is 0 Å². The van der Waals surface area contributed by atoms with Crippen molar-refractivity contribution in [2.75, 3.05) is 16.8 Å². The van der Waals surface area contributed by atoms with E-state index in [1.165, 1.54) is 18.2 Å². The number of carbonyl (C=O) groups is 3. The predicted octanol–water partition coefficient (Wildman–Crippen LogP) is 7.49. The summed E-state index contributed by atoms with van der Waals surface area (Å²) in [6, 6.07) is 7.36. The molecular weight excluding hydrogens is 500 g/mol. The fourth-order valence-corrected chi connectivity index (χ4v) is 5.34. The maximum Gasteiger partial charge on any atom is 0.332 e. The molecule has 2 aliphatic rings. The summed E-state index contributed by atoms with van der Waals surface area (Å²) in [6.45, 7) is 11.2. The number of carbonyl (C=O) groups excluding carboxylic acids is 3. The maximum absolute atomic E-state index is 14.4. The van der Waals surface area contributed by atoms with Gasteiger partial charge in [0, 0.05) is 11.3 Å². The van der Waals surface area contributed by atoms with Gasteiger partial charge < -0.3 is 5.32 Å². The first kappa shape index (κ1) is 30.3. The number of aryl methyl sites for hydroxylation is 1. The lowest BCUT2D eigenvalue weighted by molar-refractivity contribution is -0.134. The Kier molecular flexibility index (Phi) is 9.86. The molecule has 39 heavy (non-hydrogen) atoms. The lowest BCUT2D eigenvalue weighted by atomic mass is 9.80. The normalized spacial score (nSPS) is 16.5. The van der Waals surface area contributed by atoms with E-state index in [4.69, 9.17) is 0 Å². The highest BCUT2D eigenvalue weighted by atomic mass is 19.1. The fraction of sp³-hybridized carbons (Fsp3) is 0.516. The molecule has 0 atom stereocenters. The van der Waals surface area contributed by atoms with E-state index in [9.17, 15) is 23.2 Å². The molecule has 6 nitrogen and oxygen atoms in total. The Morgan fingerprint density at radius 1 is 1.00 bits per heavy atom. The third-order valence-electron chi connectivity index (χ3n) is 7.42. The Hall–Kier alpha value is -3.29. The number of anilines is 2. The van der Waals surface area contributed by atoms with Gasteiger partial charge in [-0.05, 0) is 61.4 Å². The number of amides is 4. The average Bonchev–Trinajstić information content (AvgIpc) is 3.08. The van der Waals surface area contributed by atoms with E-state index in [1.807, 2.05) is 39.0 Å². The smallest absolute Gasteiger partial charge is 0.324 e. The molecule has 1 saturated heterocycles. The third-order valence-corrected chi connectivity index (χ3v) is 7.42. The van der Waals surface area contributed by atoms with Crippen LogP contribution < -0.4 is 10.2 Å². The number of nitrogens with one attached hydrogen (secondary N) is 1. The van der Waals surface area contributed by atoms with Gasteiger partial charge in [-0.2, -0.15) is 0 Å². The van der Waals surface area contributed by atoms with Gasteiger partial charge in [-0.15, -0.1) is 0 Å². The van der Waals surface area contributed by atoms with E-state index >= 15 is 0 Å². The Morgan fingerprint density at radius 2 is 1.59 bits per heavy atom. The zero-order valence-electron chi connectivity index (χ0n) is 24.0. The topological polar surface area (TPSA) is 69.7 Å². The van der Waals surface area contributed by atoms with E-state index in [0.29, 0.717) is 31.4 Å². The highest BCUT2D eigenvalue weighted by molar-refractivity contribution is 6.18. The van der Waals surface area contributed by atoms with Crippen LogP contribution in [0.2, 0.25) is 0 Å². The van der Waals surface area contributed by atoms with Gasteiger partial charge in [-0.25, -0.2) is 13.6 Å². The fourth-order valence-electron chi connectivity index (χ4n) is 5.34. The molecule has 4 rings (SSSR count). The molecule has 1 saturated carbocycles. The zero-order valence-corrected chi connectivity index (χ0v) is 24.0. The van der Waals surface area contributed by atoms with Gasteiger partial charge in [0.15, 0.2) is 0 Å². The molecule has 2 fully saturated rings. The third kappa shape index (κ3) is 6.15. The van der Waals surface area contributed by atoms with E-state index in [0.717, 1.165) is 41.0 Å². The van der Waals surface area contributed by atoms with E-state index in [2.05, 4.69) is 19.2 Å². The molecule has 0 radical (unpaired) electrons. The SMILES string of the molecule is CCC.CCc1ccc(C(C)C)c(NC(=O)CN2C(=O)N(c3cc(F)c(C)c(F)c3)C3(CCCCC3)C2=O)c1. The molecule has 0 unspecified atom stereocenters. The van der Waals surface area contributed by atoms with Crippen LogP contribution in [-0.2, 0) is 16.0 Å². The standard InChI is InChI=1S/C28H33F2N3O3.C3H8/c1-5-19-9-10-21(17(2)3)24(13-19)31-25(34)16-32-26(35)28(11-7-6-8-12-28)33(27(32)36)20-14-22(29)18(4)23(30)15-20;1-3-2/h9-10,13-15,17H,5-8,11-12,16H2,1-4H3,(H,31,34);3H2,1-2H3. The predicted molar refractivity (Wildman–Crippen MR) is 151 cm³/mol. The lowest BCUT2D eigenvalue weighted by Gasteiger charge is -2.38. The van der Waals surface area contributed by atoms with Gasteiger partial charge in [0.1, 0.15) is 23.7 Å². The Bertz CT molecular complexity index is 1200. The monoisotopic (exact) mass is 541 g/mol. The summed E-state index contributed by atoms with van der Waals surface area (Å²) in [7, 11) is 0. The number of halogens is 2. The van der Waals surface area contributed by atoms with Crippen LogP contribution in [0.15, 0.2) is 30.3 Å². The number of urea groups is 1. The van der Waals surface area contributed by atoms with Crippen LogP contribution in [0.25, 0.3) is 0 Å². The zero-order chi connectivity index (χ0) is 28.9. The van der Waals surface area contributed by atoms with E-state index in [-0.39, 0.29) is 17.2 Å². The van der Waals surface area contributed by atoms with Gasteiger partial charge in [0.25, 0.3) is 5.91 Å². The first-order valence-electron chi connectivity index (χ1n) is 14.0. The molecule has 4 amide bonds. The lowest BCUT2D eigenvalue weighted by Crippen LogP contribution is -2.51. The van der Waals surface area contributed by atoms with Crippen molar-refractivity contribution in [3.63, 3.8) is 0 Å². The first-order valence-corrected chi connectivity index (χ1v) is 14.0. The second-order valence-corrected chi connectivity index (χ2v) is 10.8. The Morgan fingerprint density at radius 3 is 2.13 bits per heavy atom. The molecule has 1 aliphatic heterocycles. The molecule has 2 aromatic rings. The van der Waals surface area contributed by atoms with Crippen LogP contribution in [0.1, 0.15) is 95.8 Å². The molecule has 212 valence electrons. The minimum absolute atomic E-state index is 0.00324. The van der Waals surface area contributed by atoms with Gasteiger partial charge in [0.05, 0.1) is 5.69 Å². The highest BCUT2D eigenvalue weighted by Crippen LogP contribution is 2.43. The van der Waals surface area contributed by atoms with Gasteiger partial charge in [0.2, 0.25) is 5.91 Å². The number of nitrogens with zero attached hydrogens (tertiary/aromatic N) is 2. The minimum atomic E-state index is -1.24. The molecule has 0 bridgehead atoms. The number of hydrogen-bond acceptors (Lipinski definition) is 3. The maximum atomic E-state index is 14.4. The second-order valence-electron chi connectivity index (χ2n) is 10.8. The quantitative estimate of drug-likeness (QED) is 0.385. The summed E-state index contributed by atoms with van der Waals surface area (Å²) in [4.78, 5) is 42.5. The van der Waals surface area contributed by atoms with Crippen molar-refractivity contribution < 1.29 is 23.2 Å². The van der Waals surface area contributed by atoms with Crippen molar-refractivity contribution in [2.45, 2.75) is 97.9 Å². The average molecular weight is 542 g/mol. The molecule has 2 aromatic carbocycles. The molecule has 1 aliphatic carbocycles. The molecule has 0 aromatic heterocycles. The van der Waals surface area contributed by atoms with Crippen LogP contribution in [0, 0.1) is 18.6 Å². The van der Waals surface area contributed by atoms with Crippen molar-refractivity contribution in [1.29, 1.82) is 0 Å². The Labute approximate surface area is 230 Å².